The van der Waals surface area contributed by atoms with Gasteiger partial charge in [0.05, 0.1) is 7.11 Å². The van der Waals surface area contributed by atoms with Crippen molar-refractivity contribution in [2.24, 2.45) is 0 Å². The highest BCUT2D eigenvalue weighted by molar-refractivity contribution is 5.99. The molecule has 0 aliphatic carbocycles. The molecule has 5 heteroatoms. The van der Waals surface area contributed by atoms with Crippen LogP contribution in [0.25, 0.3) is 0 Å². The van der Waals surface area contributed by atoms with Gasteiger partial charge >= 0.3 is 5.97 Å². The average Bonchev–Trinajstić information content (AvgIpc) is 2.37. The molecule has 0 amide bonds. The maximum atomic E-state index is 11.5. The number of phenols is 2. The van der Waals surface area contributed by atoms with Crippen molar-refractivity contribution in [1.82, 2.24) is 0 Å². The van der Waals surface area contributed by atoms with E-state index in [-0.39, 0.29) is 23.0 Å². The summed E-state index contributed by atoms with van der Waals surface area (Å²) in [6.07, 6.45) is 1.55. The van der Waals surface area contributed by atoms with Crippen molar-refractivity contribution < 1.29 is 24.5 Å². The number of phenolic OH excluding ortho intramolecular Hbond substituents is 2. The number of hydrogen-bond acceptors (Lipinski definition) is 5. The third kappa shape index (κ3) is 3.97. The Bertz CT molecular complexity index is 546. The molecule has 1 aromatic carbocycles. The molecule has 0 atom stereocenters. The first kappa shape index (κ1) is 17.0. The highest BCUT2D eigenvalue weighted by Gasteiger charge is 2.27. The van der Waals surface area contributed by atoms with Crippen LogP contribution >= 0.6 is 0 Å². The van der Waals surface area contributed by atoms with Crippen molar-refractivity contribution in [1.29, 1.82) is 0 Å². The Balaban J connectivity index is 3.00. The summed E-state index contributed by atoms with van der Waals surface area (Å²) in [5.41, 5.74) is 0.0830. The Morgan fingerprint density at radius 2 is 1.86 bits per heavy atom. The van der Waals surface area contributed by atoms with E-state index in [1.165, 1.54) is 20.1 Å². The molecule has 0 radical (unpaired) electrons. The minimum absolute atomic E-state index is 0.0615. The highest BCUT2D eigenvalue weighted by atomic mass is 16.5. The molecule has 21 heavy (non-hydrogen) atoms. The molecule has 0 heterocycles. The zero-order chi connectivity index (χ0) is 16.2. The second-order valence-corrected chi connectivity index (χ2v) is 5.73. The van der Waals surface area contributed by atoms with Gasteiger partial charge in [-0.15, -0.1) is 0 Å². The summed E-state index contributed by atoms with van der Waals surface area (Å²) >= 11 is 0. The summed E-state index contributed by atoms with van der Waals surface area (Å²) in [6, 6.07) is 3.02. The fourth-order valence-electron chi connectivity index (χ4n) is 2.39. The van der Waals surface area contributed by atoms with Crippen LogP contribution in [0.2, 0.25) is 0 Å². The Kier molecular flexibility index (Phi) is 5.35. The number of carbonyl (C=O) groups excluding carboxylic acids is 2. The molecule has 0 bridgehead atoms. The number of rotatable bonds is 6. The predicted molar refractivity (Wildman–Crippen MR) is 78.7 cm³/mol. The first-order valence-corrected chi connectivity index (χ1v) is 6.84. The number of esters is 1. The van der Waals surface area contributed by atoms with Crippen molar-refractivity contribution in [3.63, 3.8) is 0 Å². The number of ether oxygens (including phenoxy) is 1. The van der Waals surface area contributed by atoms with Gasteiger partial charge in [-0.2, -0.15) is 0 Å². The molecule has 0 aromatic heterocycles. The van der Waals surface area contributed by atoms with Crippen LogP contribution < -0.4 is 0 Å². The van der Waals surface area contributed by atoms with Crippen molar-refractivity contribution in [3.8, 4) is 11.5 Å². The minimum Gasteiger partial charge on any atom is -0.507 e. The highest BCUT2D eigenvalue weighted by Crippen LogP contribution is 2.40. The number of ketones is 1. The molecular weight excluding hydrogens is 272 g/mol. The monoisotopic (exact) mass is 294 g/mol. The molecule has 0 aliphatic heterocycles. The molecule has 1 rings (SSSR count). The third-order valence-corrected chi connectivity index (χ3v) is 3.65. The van der Waals surface area contributed by atoms with Crippen LogP contribution in [-0.2, 0) is 14.9 Å². The zero-order valence-electron chi connectivity index (χ0n) is 12.9. The number of aromatic hydroxyl groups is 2. The molecular formula is C16H22O5. The summed E-state index contributed by atoms with van der Waals surface area (Å²) in [6.45, 7) is 5.13. The number of Topliss-reactive ketones (excluding diaryl/α,β-unsaturated/α-hetero) is 1. The summed E-state index contributed by atoms with van der Waals surface area (Å²) in [5, 5.41) is 19.9. The number of methoxy groups -OCH3 is 1. The van der Waals surface area contributed by atoms with Gasteiger partial charge in [-0.05, 0) is 31.2 Å². The van der Waals surface area contributed by atoms with Gasteiger partial charge in [0.2, 0.25) is 0 Å². The van der Waals surface area contributed by atoms with Crippen LogP contribution in [0.15, 0.2) is 12.1 Å². The van der Waals surface area contributed by atoms with Gasteiger partial charge in [0.15, 0.2) is 5.78 Å². The number of carbonyl (C=O) groups is 2. The van der Waals surface area contributed by atoms with Crippen LogP contribution in [-0.4, -0.2) is 29.1 Å². The molecule has 0 fully saturated rings. The largest absolute Gasteiger partial charge is 0.507 e. The van der Waals surface area contributed by atoms with E-state index in [1.807, 2.05) is 13.8 Å². The van der Waals surface area contributed by atoms with Crippen molar-refractivity contribution in [3.05, 3.63) is 23.3 Å². The second kappa shape index (κ2) is 6.61. The van der Waals surface area contributed by atoms with E-state index < -0.39 is 11.2 Å². The summed E-state index contributed by atoms with van der Waals surface area (Å²) in [5.74, 6) is -1.08. The Hall–Kier alpha value is -2.04. The number of benzene rings is 1. The van der Waals surface area contributed by atoms with E-state index in [2.05, 4.69) is 4.74 Å². The van der Waals surface area contributed by atoms with Crippen molar-refractivity contribution >= 4 is 11.8 Å². The van der Waals surface area contributed by atoms with E-state index >= 15 is 0 Å². The van der Waals surface area contributed by atoms with Gasteiger partial charge in [0.1, 0.15) is 17.1 Å². The van der Waals surface area contributed by atoms with Gasteiger partial charge in [-0.1, -0.05) is 19.9 Å². The Morgan fingerprint density at radius 3 is 2.38 bits per heavy atom. The maximum Gasteiger partial charge on any atom is 0.305 e. The third-order valence-electron chi connectivity index (χ3n) is 3.65. The van der Waals surface area contributed by atoms with E-state index in [9.17, 15) is 19.8 Å². The van der Waals surface area contributed by atoms with Crippen molar-refractivity contribution in [2.75, 3.05) is 7.11 Å². The SMILES string of the molecule is COC(=O)CCCC(C)(C)c1ccc(O)c(C(C)=O)c1O. The van der Waals surface area contributed by atoms with Gasteiger partial charge in [0.25, 0.3) is 0 Å². The molecule has 2 N–H and O–H groups in total. The lowest BCUT2D eigenvalue weighted by Crippen LogP contribution is -2.19. The van der Waals surface area contributed by atoms with E-state index in [0.29, 0.717) is 24.8 Å². The first-order valence-electron chi connectivity index (χ1n) is 6.84. The number of hydrogen-bond donors (Lipinski definition) is 2. The summed E-state index contributed by atoms with van der Waals surface area (Å²) in [7, 11) is 1.35. The van der Waals surface area contributed by atoms with Crippen LogP contribution in [0.5, 0.6) is 11.5 Å². The van der Waals surface area contributed by atoms with Crippen molar-refractivity contribution in [2.45, 2.75) is 45.4 Å². The van der Waals surface area contributed by atoms with Gasteiger partial charge in [-0.25, -0.2) is 0 Å². The van der Waals surface area contributed by atoms with Crippen LogP contribution in [0.1, 0.15) is 56.0 Å². The average molecular weight is 294 g/mol. The molecule has 0 aliphatic rings. The lowest BCUT2D eigenvalue weighted by atomic mass is 9.78. The first-order chi connectivity index (χ1) is 9.70. The molecule has 0 spiro atoms. The van der Waals surface area contributed by atoms with Gasteiger partial charge < -0.3 is 14.9 Å². The predicted octanol–water partition coefficient (Wildman–Crippen LogP) is 2.92. The van der Waals surface area contributed by atoms with E-state index in [4.69, 9.17) is 0 Å². The molecule has 0 saturated heterocycles. The van der Waals surface area contributed by atoms with Crippen LogP contribution in [0.3, 0.4) is 0 Å². The molecule has 0 unspecified atom stereocenters. The van der Waals surface area contributed by atoms with Crippen LogP contribution in [0, 0.1) is 0 Å². The smallest absolute Gasteiger partial charge is 0.305 e. The standard InChI is InChI=1S/C16H22O5/c1-10(17)14-12(18)8-7-11(15(14)20)16(2,3)9-5-6-13(19)21-4/h7-8,18,20H,5-6,9H2,1-4H3. The van der Waals surface area contributed by atoms with Crippen LogP contribution in [0.4, 0.5) is 0 Å². The molecule has 0 saturated carbocycles. The Labute approximate surface area is 124 Å². The normalized spacial score (nSPS) is 11.2. The topological polar surface area (TPSA) is 83.8 Å². The van der Waals surface area contributed by atoms with Gasteiger partial charge in [0, 0.05) is 12.0 Å². The minimum atomic E-state index is -0.435. The maximum absolute atomic E-state index is 11.5. The summed E-state index contributed by atoms with van der Waals surface area (Å²) < 4.78 is 4.59. The molecule has 1 aromatic rings. The fourth-order valence-corrected chi connectivity index (χ4v) is 2.39. The Morgan fingerprint density at radius 1 is 1.24 bits per heavy atom. The quantitative estimate of drug-likeness (QED) is 0.622. The van der Waals surface area contributed by atoms with Gasteiger partial charge in [-0.3, -0.25) is 9.59 Å². The summed E-state index contributed by atoms with van der Waals surface area (Å²) in [4.78, 5) is 22.7. The lowest BCUT2D eigenvalue weighted by molar-refractivity contribution is -0.140. The molecule has 116 valence electrons. The van der Waals surface area contributed by atoms with E-state index in [1.54, 1.807) is 6.07 Å². The fraction of sp³-hybridized carbons (Fsp3) is 0.500. The zero-order valence-corrected chi connectivity index (χ0v) is 12.9. The lowest BCUT2D eigenvalue weighted by Gasteiger charge is -2.27. The second-order valence-electron chi connectivity index (χ2n) is 5.73. The molecule has 5 nitrogen and oxygen atoms in total. The van der Waals surface area contributed by atoms with E-state index in [0.717, 1.165) is 0 Å².